The van der Waals surface area contributed by atoms with Gasteiger partial charge in [0, 0.05) is 18.0 Å². The minimum atomic E-state index is -0.254. The lowest BCUT2D eigenvalue weighted by Gasteiger charge is -2.18. The van der Waals surface area contributed by atoms with Crippen LogP contribution >= 0.6 is 11.3 Å². The Morgan fingerprint density at radius 2 is 2.25 bits per heavy atom. The summed E-state index contributed by atoms with van der Waals surface area (Å²) in [6.45, 7) is 3.02. The van der Waals surface area contributed by atoms with Gasteiger partial charge in [0.15, 0.2) is 0 Å². The molecule has 2 heterocycles. The molecule has 0 saturated carbocycles. The molecule has 0 aliphatic carbocycles. The van der Waals surface area contributed by atoms with Crippen molar-refractivity contribution in [2.24, 2.45) is 0 Å². The molecule has 6 nitrogen and oxygen atoms in total. The Morgan fingerprint density at radius 3 is 2.95 bits per heavy atom. The van der Waals surface area contributed by atoms with Crippen molar-refractivity contribution in [1.29, 1.82) is 0 Å². The van der Waals surface area contributed by atoms with Gasteiger partial charge in [-0.05, 0) is 25.5 Å². The zero-order valence-electron chi connectivity index (χ0n) is 11.3. The molecule has 20 heavy (non-hydrogen) atoms. The molecule has 0 unspecified atom stereocenters. The first kappa shape index (κ1) is 14.5. The maximum atomic E-state index is 12.0. The SMILES string of the molecule is Cc1ccc(C(=O)NCC(=O)N2CCCNC(=O)C2)s1. The van der Waals surface area contributed by atoms with E-state index >= 15 is 0 Å². The van der Waals surface area contributed by atoms with Crippen molar-refractivity contribution in [1.82, 2.24) is 15.5 Å². The van der Waals surface area contributed by atoms with Crippen LogP contribution in [-0.2, 0) is 9.59 Å². The molecule has 1 aromatic rings. The van der Waals surface area contributed by atoms with E-state index in [2.05, 4.69) is 10.6 Å². The maximum absolute atomic E-state index is 12.0. The molecule has 0 bridgehead atoms. The van der Waals surface area contributed by atoms with Gasteiger partial charge < -0.3 is 15.5 Å². The van der Waals surface area contributed by atoms with Crippen LogP contribution in [0.3, 0.4) is 0 Å². The number of rotatable bonds is 3. The van der Waals surface area contributed by atoms with E-state index in [0.29, 0.717) is 18.0 Å². The summed E-state index contributed by atoms with van der Waals surface area (Å²) >= 11 is 1.39. The Balaban J connectivity index is 1.85. The summed E-state index contributed by atoms with van der Waals surface area (Å²) in [6.07, 6.45) is 0.732. The number of amides is 3. The topological polar surface area (TPSA) is 78.5 Å². The first-order valence-corrected chi connectivity index (χ1v) is 7.27. The van der Waals surface area contributed by atoms with Gasteiger partial charge in [-0.2, -0.15) is 0 Å². The summed E-state index contributed by atoms with van der Waals surface area (Å²) in [7, 11) is 0. The third-order valence-electron chi connectivity index (χ3n) is 2.98. The second-order valence-corrected chi connectivity index (χ2v) is 5.90. The second-order valence-electron chi connectivity index (χ2n) is 4.61. The van der Waals surface area contributed by atoms with Crippen LogP contribution in [0.4, 0.5) is 0 Å². The number of hydrogen-bond acceptors (Lipinski definition) is 4. The van der Waals surface area contributed by atoms with E-state index in [-0.39, 0.29) is 30.8 Å². The highest BCUT2D eigenvalue weighted by Gasteiger charge is 2.20. The van der Waals surface area contributed by atoms with Crippen LogP contribution < -0.4 is 10.6 Å². The van der Waals surface area contributed by atoms with Crippen molar-refractivity contribution in [3.05, 3.63) is 21.9 Å². The number of nitrogens with one attached hydrogen (secondary N) is 2. The van der Waals surface area contributed by atoms with Gasteiger partial charge in [-0.25, -0.2) is 0 Å². The lowest BCUT2D eigenvalue weighted by Crippen LogP contribution is -2.43. The lowest BCUT2D eigenvalue weighted by atomic mass is 10.3. The Hall–Kier alpha value is -1.89. The molecule has 0 atom stereocenters. The van der Waals surface area contributed by atoms with Gasteiger partial charge in [-0.3, -0.25) is 14.4 Å². The zero-order chi connectivity index (χ0) is 14.5. The smallest absolute Gasteiger partial charge is 0.261 e. The van der Waals surface area contributed by atoms with Crippen LogP contribution in [0.15, 0.2) is 12.1 Å². The summed E-state index contributed by atoms with van der Waals surface area (Å²) in [5.41, 5.74) is 0. The highest BCUT2D eigenvalue weighted by Crippen LogP contribution is 2.14. The molecule has 7 heteroatoms. The molecule has 0 radical (unpaired) electrons. The predicted octanol–water partition coefficient (Wildman–Crippen LogP) is 0.135. The Morgan fingerprint density at radius 1 is 1.45 bits per heavy atom. The van der Waals surface area contributed by atoms with Crippen molar-refractivity contribution in [3.63, 3.8) is 0 Å². The molecule has 1 aromatic heterocycles. The van der Waals surface area contributed by atoms with Gasteiger partial charge in [-0.15, -0.1) is 11.3 Å². The maximum Gasteiger partial charge on any atom is 0.261 e. The molecule has 2 rings (SSSR count). The number of carbonyl (C=O) groups excluding carboxylic acids is 3. The third-order valence-corrected chi connectivity index (χ3v) is 3.98. The van der Waals surface area contributed by atoms with E-state index in [4.69, 9.17) is 0 Å². The van der Waals surface area contributed by atoms with Gasteiger partial charge in [0.1, 0.15) is 0 Å². The van der Waals surface area contributed by atoms with E-state index in [9.17, 15) is 14.4 Å². The fourth-order valence-corrected chi connectivity index (χ4v) is 2.71. The highest BCUT2D eigenvalue weighted by molar-refractivity contribution is 7.13. The summed E-state index contributed by atoms with van der Waals surface area (Å²) < 4.78 is 0. The summed E-state index contributed by atoms with van der Waals surface area (Å²) in [6, 6.07) is 3.60. The standard InChI is InChI=1S/C13H17N3O3S/c1-9-3-4-10(20-9)13(19)15-7-12(18)16-6-2-5-14-11(17)8-16/h3-4H,2,5-8H2,1H3,(H,14,17)(H,15,19). The van der Waals surface area contributed by atoms with E-state index in [1.54, 1.807) is 6.07 Å². The zero-order valence-corrected chi connectivity index (χ0v) is 12.1. The molecular formula is C13H17N3O3S. The number of aryl methyl sites for hydroxylation is 1. The third kappa shape index (κ3) is 3.80. The molecule has 2 N–H and O–H groups in total. The largest absolute Gasteiger partial charge is 0.354 e. The molecule has 1 fully saturated rings. The molecule has 1 aliphatic heterocycles. The number of nitrogens with zero attached hydrogens (tertiary/aromatic N) is 1. The Labute approximate surface area is 121 Å². The van der Waals surface area contributed by atoms with Gasteiger partial charge in [-0.1, -0.05) is 0 Å². The van der Waals surface area contributed by atoms with Crippen LogP contribution in [0.1, 0.15) is 21.0 Å². The van der Waals surface area contributed by atoms with E-state index in [1.807, 2.05) is 13.0 Å². The molecular weight excluding hydrogens is 278 g/mol. The van der Waals surface area contributed by atoms with E-state index in [0.717, 1.165) is 11.3 Å². The minimum absolute atomic E-state index is 0.0623. The fraction of sp³-hybridized carbons (Fsp3) is 0.462. The average molecular weight is 295 g/mol. The van der Waals surface area contributed by atoms with E-state index < -0.39 is 0 Å². The summed E-state index contributed by atoms with van der Waals surface area (Å²) in [5, 5.41) is 5.30. The van der Waals surface area contributed by atoms with Crippen LogP contribution in [0, 0.1) is 6.92 Å². The molecule has 108 valence electrons. The fourth-order valence-electron chi connectivity index (χ4n) is 1.93. The molecule has 1 saturated heterocycles. The number of hydrogen-bond donors (Lipinski definition) is 2. The number of thiophene rings is 1. The average Bonchev–Trinajstić information content (AvgIpc) is 2.73. The first-order valence-electron chi connectivity index (χ1n) is 6.45. The molecule has 1 aliphatic rings. The van der Waals surface area contributed by atoms with Gasteiger partial charge in [0.05, 0.1) is 18.0 Å². The lowest BCUT2D eigenvalue weighted by molar-refractivity contribution is -0.134. The number of carbonyl (C=O) groups is 3. The second kappa shape index (κ2) is 6.51. The quantitative estimate of drug-likeness (QED) is 0.832. The van der Waals surface area contributed by atoms with Crippen LogP contribution in [0.25, 0.3) is 0 Å². The van der Waals surface area contributed by atoms with Gasteiger partial charge >= 0.3 is 0 Å². The molecule has 0 spiro atoms. The molecule has 0 aromatic carbocycles. The minimum Gasteiger partial charge on any atom is -0.354 e. The Bertz CT molecular complexity index is 527. The van der Waals surface area contributed by atoms with Crippen LogP contribution in [0.5, 0.6) is 0 Å². The van der Waals surface area contributed by atoms with Gasteiger partial charge in [0.2, 0.25) is 11.8 Å². The van der Waals surface area contributed by atoms with Crippen molar-refractivity contribution < 1.29 is 14.4 Å². The van der Waals surface area contributed by atoms with Crippen molar-refractivity contribution in [3.8, 4) is 0 Å². The van der Waals surface area contributed by atoms with Crippen molar-refractivity contribution in [2.45, 2.75) is 13.3 Å². The first-order chi connectivity index (χ1) is 9.56. The Kier molecular flexibility index (Phi) is 4.73. The summed E-state index contributed by atoms with van der Waals surface area (Å²) in [5.74, 6) is -0.643. The molecule has 3 amide bonds. The van der Waals surface area contributed by atoms with Crippen molar-refractivity contribution >= 4 is 29.1 Å². The van der Waals surface area contributed by atoms with Crippen molar-refractivity contribution in [2.75, 3.05) is 26.2 Å². The predicted molar refractivity (Wildman–Crippen MR) is 75.6 cm³/mol. The van der Waals surface area contributed by atoms with Crippen LogP contribution in [-0.4, -0.2) is 48.8 Å². The van der Waals surface area contributed by atoms with Gasteiger partial charge in [0.25, 0.3) is 5.91 Å². The monoisotopic (exact) mass is 295 g/mol. The summed E-state index contributed by atoms with van der Waals surface area (Å²) in [4.78, 5) is 38.3. The highest BCUT2D eigenvalue weighted by atomic mass is 32.1. The van der Waals surface area contributed by atoms with Crippen LogP contribution in [0.2, 0.25) is 0 Å². The normalized spacial score (nSPS) is 15.4. The van der Waals surface area contributed by atoms with E-state index in [1.165, 1.54) is 16.2 Å².